The molecule has 6 heteroatoms. The monoisotopic (exact) mass is 269 g/mol. The van der Waals surface area contributed by atoms with Crippen molar-refractivity contribution in [1.82, 2.24) is 15.1 Å². The van der Waals surface area contributed by atoms with E-state index in [1.165, 1.54) is 0 Å². The summed E-state index contributed by atoms with van der Waals surface area (Å²) in [5.41, 5.74) is 0. The molecule has 2 rings (SSSR count). The van der Waals surface area contributed by atoms with Crippen LogP contribution in [0.2, 0.25) is 0 Å². The number of rotatable bonds is 6. The SMILES string of the molecule is CN(C(=O)CNCCC(=O)N1CCOCC1)C1CC1. The highest BCUT2D eigenvalue weighted by Crippen LogP contribution is 2.24. The molecule has 6 nitrogen and oxygen atoms in total. The van der Waals surface area contributed by atoms with Gasteiger partial charge in [0, 0.05) is 39.1 Å². The molecule has 1 N–H and O–H groups in total. The first-order chi connectivity index (χ1) is 9.18. The number of likely N-dealkylation sites (N-methyl/N-ethyl adjacent to an activating group) is 1. The molecule has 108 valence electrons. The van der Waals surface area contributed by atoms with Crippen molar-refractivity contribution in [2.24, 2.45) is 0 Å². The van der Waals surface area contributed by atoms with Gasteiger partial charge in [-0.2, -0.15) is 0 Å². The molecule has 1 aliphatic carbocycles. The van der Waals surface area contributed by atoms with Crippen molar-refractivity contribution in [3.05, 3.63) is 0 Å². The fourth-order valence-corrected chi connectivity index (χ4v) is 2.15. The molecule has 0 unspecified atom stereocenters. The van der Waals surface area contributed by atoms with Gasteiger partial charge in [-0.3, -0.25) is 9.59 Å². The highest BCUT2D eigenvalue weighted by molar-refractivity contribution is 5.79. The summed E-state index contributed by atoms with van der Waals surface area (Å²) in [5.74, 6) is 0.250. The molecule has 1 saturated carbocycles. The number of amides is 2. The van der Waals surface area contributed by atoms with Crippen LogP contribution in [0, 0.1) is 0 Å². The van der Waals surface area contributed by atoms with Crippen molar-refractivity contribution in [1.29, 1.82) is 0 Å². The van der Waals surface area contributed by atoms with Crippen LogP contribution in [0.4, 0.5) is 0 Å². The van der Waals surface area contributed by atoms with Gasteiger partial charge in [-0.1, -0.05) is 0 Å². The molecule has 0 atom stereocenters. The molecule has 2 aliphatic rings. The molecule has 2 amide bonds. The molecule has 1 aliphatic heterocycles. The number of carbonyl (C=O) groups is 2. The van der Waals surface area contributed by atoms with E-state index in [-0.39, 0.29) is 11.8 Å². The van der Waals surface area contributed by atoms with E-state index in [1.807, 2.05) is 11.9 Å². The van der Waals surface area contributed by atoms with Crippen molar-refractivity contribution in [2.75, 3.05) is 46.4 Å². The van der Waals surface area contributed by atoms with E-state index < -0.39 is 0 Å². The lowest BCUT2D eigenvalue weighted by Gasteiger charge is -2.26. The normalized spacial score (nSPS) is 19.3. The number of morpholine rings is 1. The lowest BCUT2D eigenvalue weighted by molar-refractivity contribution is -0.135. The largest absolute Gasteiger partial charge is 0.378 e. The van der Waals surface area contributed by atoms with Gasteiger partial charge in [0.05, 0.1) is 19.8 Å². The Morgan fingerprint density at radius 3 is 2.63 bits per heavy atom. The number of hydrogen-bond acceptors (Lipinski definition) is 4. The summed E-state index contributed by atoms with van der Waals surface area (Å²) in [6.07, 6.45) is 2.69. The van der Waals surface area contributed by atoms with Gasteiger partial charge in [-0.15, -0.1) is 0 Å². The Labute approximate surface area is 114 Å². The summed E-state index contributed by atoms with van der Waals surface area (Å²) >= 11 is 0. The van der Waals surface area contributed by atoms with Crippen LogP contribution in [-0.2, 0) is 14.3 Å². The first kappa shape index (κ1) is 14.3. The lowest BCUT2D eigenvalue weighted by Crippen LogP contribution is -2.42. The minimum Gasteiger partial charge on any atom is -0.378 e. The van der Waals surface area contributed by atoms with Crippen LogP contribution < -0.4 is 5.32 Å². The van der Waals surface area contributed by atoms with Gasteiger partial charge in [-0.25, -0.2) is 0 Å². The summed E-state index contributed by atoms with van der Waals surface area (Å²) in [7, 11) is 1.85. The lowest BCUT2D eigenvalue weighted by atomic mass is 10.3. The Morgan fingerprint density at radius 2 is 2.00 bits per heavy atom. The molecule has 0 bridgehead atoms. The van der Waals surface area contributed by atoms with E-state index in [2.05, 4.69) is 5.32 Å². The van der Waals surface area contributed by atoms with Gasteiger partial charge < -0.3 is 19.9 Å². The highest BCUT2D eigenvalue weighted by Gasteiger charge is 2.29. The number of ether oxygens (including phenoxy) is 1. The quantitative estimate of drug-likeness (QED) is 0.657. The summed E-state index contributed by atoms with van der Waals surface area (Å²) in [6.45, 7) is 3.50. The average molecular weight is 269 g/mol. The summed E-state index contributed by atoms with van der Waals surface area (Å²) < 4.78 is 5.20. The number of hydrogen-bond donors (Lipinski definition) is 1. The maximum Gasteiger partial charge on any atom is 0.236 e. The zero-order chi connectivity index (χ0) is 13.7. The smallest absolute Gasteiger partial charge is 0.236 e. The zero-order valence-electron chi connectivity index (χ0n) is 11.6. The third-order valence-electron chi connectivity index (χ3n) is 3.64. The van der Waals surface area contributed by atoms with Crippen LogP contribution in [-0.4, -0.2) is 74.1 Å². The molecule has 0 spiro atoms. The minimum atomic E-state index is 0.112. The van der Waals surface area contributed by atoms with Gasteiger partial charge in [-0.05, 0) is 12.8 Å². The van der Waals surface area contributed by atoms with Gasteiger partial charge in [0.2, 0.25) is 11.8 Å². The van der Waals surface area contributed by atoms with E-state index >= 15 is 0 Å². The third-order valence-corrected chi connectivity index (χ3v) is 3.64. The molecule has 1 saturated heterocycles. The second kappa shape index (κ2) is 6.86. The highest BCUT2D eigenvalue weighted by atomic mass is 16.5. The minimum absolute atomic E-state index is 0.112. The van der Waals surface area contributed by atoms with E-state index in [1.54, 1.807) is 4.90 Å². The molecule has 0 radical (unpaired) electrons. The van der Waals surface area contributed by atoms with E-state index in [4.69, 9.17) is 4.74 Å². The molecule has 2 fully saturated rings. The molecule has 1 heterocycles. The van der Waals surface area contributed by atoms with Crippen LogP contribution in [0.1, 0.15) is 19.3 Å². The Balaban J connectivity index is 1.55. The number of nitrogens with zero attached hydrogens (tertiary/aromatic N) is 2. The number of carbonyl (C=O) groups excluding carboxylic acids is 2. The van der Waals surface area contributed by atoms with Crippen LogP contribution in [0.3, 0.4) is 0 Å². The van der Waals surface area contributed by atoms with Crippen molar-refractivity contribution >= 4 is 11.8 Å². The second-order valence-electron chi connectivity index (χ2n) is 5.16. The van der Waals surface area contributed by atoms with Gasteiger partial charge >= 0.3 is 0 Å². The topological polar surface area (TPSA) is 61.9 Å². The van der Waals surface area contributed by atoms with E-state index in [0.717, 1.165) is 12.8 Å². The first-order valence-corrected chi connectivity index (χ1v) is 7.00. The number of nitrogens with one attached hydrogen (secondary N) is 1. The molecular formula is C13H23N3O3. The Hall–Kier alpha value is -1.14. The predicted octanol–water partition coefficient (Wildman–Crippen LogP) is -0.554. The zero-order valence-corrected chi connectivity index (χ0v) is 11.6. The summed E-state index contributed by atoms with van der Waals surface area (Å²) in [6, 6.07) is 0.448. The fourth-order valence-electron chi connectivity index (χ4n) is 2.15. The van der Waals surface area contributed by atoms with Crippen LogP contribution in [0.25, 0.3) is 0 Å². The Morgan fingerprint density at radius 1 is 1.32 bits per heavy atom. The first-order valence-electron chi connectivity index (χ1n) is 7.00. The molecule has 0 aromatic heterocycles. The molecule has 19 heavy (non-hydrogen) atoms. The Kier molecular flexibility index (Phi) is 5.15. The van der Waals surface area contributed by atoms with Crippen LogP contribution in [0.5, 0.6) is 0 Å². The van der Waals surface area contributed by atoms with Gasteiger partial charge in [0.1, 0.15) is 0 Å². The van der Waals surface area contributed by atoms with Gasteiger partial charge in [0.15, 0.2) is 0 Å². The van der Waals surface area contributed by atoms with Crippen molar-refractivity contribution in [3.63, 3.8) is 0 Å². The maximum absolute atomic E-state index is 11.8. The summed E-state index contributed by atoms with van der Waals surface area (Å²) in [5, 5.41) is 3.05. The average Bonchev–Trinajstić information content (AvgIpc) is 3.27. The van der Waals surface area contributed by atoms with Crippen molar-refractivity contribution in [2.45, 2.75) is 25.3 Å². The summed E-state index contributed by atoms with van der Waals surface area (Å²) in [4.78, 5) is 27.2. The predicted molar refractivity (Wildman–Crippen MR) is 70.7 cm³/mol. The van der Waals surface area contributed by atoms with E-state index in [9.17, 15) is 9.59 Å². The van der Waals surface area contributed by atoms with Crippen LogP contribution in [0.15, 0.2) is 0 Å². The maximum atomic E-state index is 11.8. The third kappa shape index (κ3) is 4.47. The Bertz CT molecular complexity index is 325. The van der Waals surface area contributed by atoms with Crippen molar-refractivity contribution < 1.29 is 14.3 Å². The van der Waals surface area contributed by atoms with Crippen LogP contribution >= 0.6 is 0 Å². The standard InChI is InChI=1S/C13H23N3O3/c1-15(11-2-3-11)13(18)10-14-5-4-12(17)16-6-8-19-9-7-16/h11,14H,2-10H2,1H3. The fraction of sp³-hybridized carbons (Fsp3) is 0.846. The second-order valence-corrected chi connectivity index (χ2v) is 5.16. The van der Waals surface area contributed by atoms with Crippen molar-refractivity contribution in [3.8, 4) is 0 Å². The molecule has 0 aromatic rings. The molecule has 0 aromatic carbocycles. The van der Waals surface area contributed by atoms with E-state index in [0.29, 0.717) is 51.9 Å². The molecular weight excluding hydrogens is 246 g/mol. The van der Waals surface area contributed by atoms with Gasteiger partial charge in [0.25, 0.3) is 0 Å².